The summed E-state index contributed by atoms with van der Waals surface area (Å²) in [4.78, 5) is 28.5. The third-order valence-electron chi connectivity index (χ3n) is 4.09. The Morgan fingerprint density at radius 1 is 1.26 bits per heavy atom. The van der Waals surface area contributed by atoms with E-state index in [1.165, 1.54) is 0 Å². The largest absolute Gasteiger partial charge is 0.340 e. The van der Waals surface area contributed by atoms with E-state index in [1.807, 2.05) is 27.9 Å². The maximum atomic E-state index is 12.6. The van der Waals surface area contributed by atoms with E-state index in [1.54, 1.807) is 11.8 Å². The number of hydrogen-bond donors (Lipinski definition) is 1. The summed E-state index contributed by atoms with van der Waals surface area (Å²) < 4.78 is 0. The smallest absolute Gasteiger partial charge is 0.248 e. The Kier molecular flexibility index (Phi) is 5.35. The Morgan fingerprint density at radius 2 is 1.84 bits per heavy atom. The van der Waals surface area contributed by atoms with Crippen molar-refractivity contribution in [1.82, 2.24) is 15.1 Å². The number of carbonyl (C=O) groups is 2. The third kappa shape index (κ3) is 3.26. The van der Waals surface area contributed by atoms with Gasteiger partial charge >= 0.3 is 0 Å². The van der Waals surface area contributed by atoms with Crippen molar-refractivity contribution in [2.45, 2.75) is 51.6 Å². The highest BCUT2D eigenvalue weighted by Gasteiger charge is 2.46. The fourth-order valence-corrected chi connectivity index (χ4v) is 2.57. The van der Waals surface area contributed by atoms with E-state index in [0.29, 0.717) is 19.4 Å². The van der Waals surface area contributed by atoms with Gasteiger partial charge in [0.25, 0.3) is 0 Å². The van der Waals surface area contributed by atoms with Gasteiger partial charge in [0.05, 0.1) is 0 Å². The van der Waals surface area contributed by atoms with Crippen LogP contribution in [-0.2, 0) is 9.59 Å². The van der Waals surface area contributed by atoms with E-state index < -0.39 is 5.54 Å². The van der Waals surface area contributed by atoms with Crippen molar-refractivity contribution in [1.29, 1.82) is 0 Å². The van der Waals surface area contributed by atoms with Crippen LogP contribution in [0.25, 0.3) is 0 Å². The lowest BCUT2D eigenvalue weighted by molar-refractivity contribution is -0.154. The Morgan fingerprint density at radius 3 is 2.32 bits per heavy atom. The monoisotopic (exact) mass is 269 g/mol. The predicted molar refractivity (Wildman–Crippen MR) is 75.8 cm³/mol. The first kappa shape index (κ1) is 16.0. The molecule has 1 aliphatic rings. The molecule has 1 atom stereocenters. The summed E-state index contributed by atoms with van der Waals surface area (Å²) in [5.41, 5.74) is -0.693. The van der Waals surface area contributed by atoms with Crippen LogP contribution in [0.1, 0.15) is 40.0 Å². The molecular weight excluding hydrogens is 242 g/mol. The highest BCUT2D eigenvalue weighted by atomic mass is 16.2. The predicted octanol–water partition coefficient (Wildman–Crippen LogP) is 0.844. The first-order chi connectivity index (χ1) is 8.88. The molecule has 0 aromatic heterocycles. The molecule has 5 heteroatoms. The van der Waals surface area contributed by atoms with Crippen molar-refractivity contribution < 1.29 is 9.59 Å². The normalized spacial score (nSPS) is 22.8. The molecule has 0 aliphatic carbocycles. The molecule has 0 bridgehead atoms. The summed E-state index contributed by atoms with van der Waals surface area (Å²) >= 11 is 0. The number of piperazine rings is 1. The number of nitrogens with zero attached hydrogens (tertiary/aromatic N) is 2. The SMILES string of the molecule is CCC1(CC)NC(=O)C(C)N(CCCN(C)C)C1=O. The number of nitrogens with one attached hydrogen (secondary N) is 1. The average Bonchev–Trinajstić information content (AvgIpc) is 2.38. The second kappa shape index (κ2) is 6.37. The first-order valence-corrected chi connectivity index (χ1v) is 7.15. The zero-order chi connectivity index (χ0) is 14.6. The molecule has 5 nitrogen and oxygen atoms in total. The van der Waals surface area contributed by atoms with E-state index in [4.69, 9.17) is 0 Å². The van der Waals surface area contributed by atoms with Gasteiger partial charge in [0.1, 0.15) is 11.6 Å². The van der Waals surface area contributed by atoms with Crippen LogP contribution in [0.2, 0.25) is 0 Å². The highest BCUT2D eigenvalue weighted by molar-refractivity contribution is 5.99. The summed E-state index contributed by atoms with van der Waals surface area (Å²) in [6, 6.07) is -0.360. The Bertz CT molecular complexity index is 338. The molecule has 0 saturated carbocycles. The van der Waals surface area contributed by atoms with Crippen molar-refractivity contribution in [2.24, 2.45) is 0 Å². The second-order valence-electron chi connectivity index (χ2n) is 5.61. The molecule has 0 radical (unpaired) electrons. The molecule has 1 saturated heterocycles. The topological polar surface area (TPSA) is 52.7 Å². The highest BCUT2D eigenvalue weighted by Crippen LogP contribution is 2.25. The van der Waals surface area contributed by atoms with Crippen LogP contribution in [0.5, 0.6) is 0 Å². The number of carbonyl (C=O) groups excluding carboxylic acids is 2. The number of rotatable bonds is 6. The van der Waals surface area contributed by atoms with Crippen LogP contribution in [-0.4, -0.2) is 60.4 Å². The second-order valence-corrected chi connectivity index (χ2v) is 5.61. The van der Waals surface area contributed by atoms with Crippen LogP contribution in [0.15, 0.2) is 0 Å². The van der Waals surface area contributed by atoms with Crippen LogP contribution in [0, 0.1) is 0 Å². The minimum atomic E-state index is -0.693. The standard InChI is InChI=1S/C14H27N3O2/c1-6-14(7-2)13(19)17(10-8-9-16(4)5)11(3)12(18)15-14/h11H,6-10H2,1-5H3,(H,15,18). The minimum absolute atomic E-state index is 0.0341. The molecule has 1 unspecified atom stereocenters. The number of hydrogen-bond acceptors (Lipinski definition) is 3. The Hall–Kier alpha value is -1.10. The molecule has 2 amide bonds. The molecule has 1 aliphatic heterocycles. The maximum absolute atomic E-state index is 12.6. The average molecular weight is 269 g/mol. The van der Waals surface area contributed by atoms with Crippen LogP contribution in [0.4, 0.5) is 0 Å². The molecule has 0 aromatic carbocycles. The zero-order valence-electron chi connectivity index (χ0n) is 12.8. The van der Waals surface area contributed by atoms with Gasteiger partial charge in [-0.3, -0.25) is 9.59 Å². The van der Waals surface area contributed by atoms with Crippen LogP contribution in [0.3, 0.4) is 0 Å². The van der Waals surface area contributed by atoms with Crippen LogP contribution < -0.4 is 5.32 Å². The van der Waals surface area contributed by atoms with Gasteiger partial charge in [0, 0.05) is 6.54 Å². The summed E-state index contributed by atoms with van der Waals surface area (Å²) in [6.45, 7) is 7.28. The van der Waals surface area contributed by atoms with Crippen LogP contribution >= 0.6 is 0 Å². The molecule has 0 aromatic rings. The van der Waals surface area contributed by atoms with Gasteiger partial charge in [-0.15, -0.1) is 0 Å². The van der Waals surface area contributed by atoms with E-state index in [0.717, 1.165) is 13.0 Å². The van der Waals surface area contributed by atoms with E-state index in [-0.39, 0.29) is 17.9 Å². The zero-order valence-corrected chi connectivity index (χ0v) is 12.8. The van der Waals surface area contributed by atoms with E-state index in [2.05, 4.69) is 10.2 Å². The molecule has 19 heavy (non-hydrogen) atoms. The maximum Gasteiger partial charge on any atom is 0.248 e. The Labute approximate surface area is 116 Å². The van der Waals surface area contributed by atoms with Crippen molar-refractivity contribution in [3.05, 3.63) is 0 Å². The van der Waals surface area contributed by atoms with Crippen molar-refractivity contribution in [2.75, 3.05) is 27.2 Å². The van der Waals surface area contributed by atoms with Gasteiger partial charge < -0.3 is 15.1 Å². The van der Waals surface area contributed by atoms with Gasteiger partial charge in [-0.05, 0) is 46.8 Å². The quantitative estimate of drug-likeness (QED) is 0.777. The van der Waals surface area contributed by atoms with Gasteiger partial charge in [0.15, 0.2) is 0 Å². The molecule has 1 N–H and O–H groups in total. The molecule has 1 heterocycles. The van der Waals surface area contributed by atoms with Gasteiger partial charge in [-0.2, -0.15) is 0 Å². The number of amides is 2. The summed E-state index contributed by atoms with van der Waals surface area (Å²) in [5, 5.41) is 2.92. The van der Waals surface area contributed by atoms with Crippen molar-refractivity contribution in [3.63, 3.8) is 0 Å². The summed E-state index contributed by atoms with van der Waals surface area (Å²) in [5.74, 6) is 0.0384. The lowest BCUT2D eigenvalue weighted by Gasteiger charge is -2.44. The van der Waals surface area contributed by atoms with Crippen molar-refractivity contribution >= 4 is 11.8 Å². The lowest BCUT2D eigenvalue weighted by Crippen LogP contribution is -2.69. The first-order valence-electron chi connectivity index (χ1n) is 7.15. The summed E-state index contributed by atoms with van der Waals surface area (Å²) in [7, 11) is 4.02. The fourth-order valence-electron chi connectivity index (χ4n) is 2.57. The third-order valence-corrected chi connectivity index (χ3v) is 4.09. The Balaban J connectivity index is 2.81. The fraction of sp³-hybridized carbons (Fsp3) is 0.857. The molecule has 1 fully saturated rings. The minimum Gasteiger partial charge on any atom is -0.340 e. The van der Waals surface area contributed by atoms with Gasteiger partial charge in [0.2, 0.25) is 11.8 Å². The molecule has 0 spiro atoms. The van der Waals surface area contributed by atoms with E-state index >= 15 is 0 Å². The molecular formula is C14H27N3O2. The van der Waals surface area contributed by atoms with E-state index in [9.17, 15) is 9.59 Å². The van der Waals surface area contributed by atoms with Gasteiger partial charge in [-0.1, -0.05) is 13.8 Å². The summed E-state index contributed by atoms with van der Waals surface area (Å²) in [6.07, 6.45) is 2.18. The molecule has 110 valence electrons. The van der Waals surface area contributed by atoms with Crippen molar-refractivity contribution in [3.8, 4) is 0 Å². The van der Waals surface area contributed by atoms with Gasteiger partial charge in [-0.25, -0.2) is 0 Å². The molecule has 1 rings (SSSR count). The lowest BCUT2D eigenvalue weighted by atomic mass is 9.87.